The molecule has 29 heavy (non-hydrogen) atoms. The van der Waals surface area contributed by atoms with E-state index in [0.717, 1.165) is 64.6 Å². The molecule has 0 saturated carbocycles. The zero-order valence-corrected chi connectivity index (χ0v) is 16.3. The van der Waals surface area contributed by atoms with E-state index in [2.05, 4.69) is 30.3 Å². The Kier molecular flexibility index (Phi) is 4.42. The van der Waals surface area contributed by atoms with Crippen LogP contribution in [0.25, 0.3) is 32.9 Å². The Morgan fingerprint density at radius 3 is 2.72 bits per heavy atom. The highest BCUT2D eigenvalue weighted by atomic mass is 16.5. The van der Waals surface area contributed by atoms with Crippen molar-refractivity contribution in [3.63, 3.8) is 0 Å². The normalized spacial score (nSPS) is 16.8. The second kappa shape index (κ2) is 7.23. The van der Waals surface area contributed by atoms with Gasteiger partial charge in [0, 0.05) is 17.6 Å². The highest BCUT2D eigenvalue weighted by Crippen LogP contribution is 2.35. The van der Waals surface area contributed by atoms with Crippen molar-refractivity contribution in [3.8, 4) is 23.1 Å². The molecule has 144 valence electrons. The van der Waals surface area contributed by atoms with Crippen LogP contribution in [0.5, 0.6) is 5.75 Å². The van der Waals surface area contributed by atoms with Gasteiger partial charge in [0.15, 0.2) is 6.23 Å². The Balaban J connectivity index is 1.69. The molecule has 0 bridgehead atoms. The van der Waals surface area contributed by atoms with Crippen LogP contribution in [0.4, 0.5) is 0 Å². The third-order valence-electron chi connectivity index (χ3n) is 5.58. The molecule has 3 aromatic carbocycles. The standard InChI is InChI=1S/C24H21N3O2/c1-28-20-9-8-17-13-19(7-6-18(17)14-20)24-21-12-16(15-25)5-10-22(21)27(26-24)23-4-2-3-11-29-23/h5-10,12-14,23H,2-4,11H2,1H3. The average molecular weight is 383 g/mol. The fourth-order valence-corrected chi connectivity index (χ4v) is 4.06. The summed E-state index contributed by atoms with van der Waals surface area (Å²) < 4.78 is 13.3. The number of hydrogen-bond acceptors (Lipinski definition) is 4. The molecule has 1 aliphatic rings. The summed E-state index contributed by atoms with van der Waals surface area (Å²) in [5.74, 6) is 0.841. The molecule has 1 atom stereocenters. The Labute approximate surface area is 169 Å². The van der Waals surface area contributed by atoms with Crippen LogP contribution >= 0.6 is 0 Å². The molecule has 0 amide bonds. The first-order chi connectivity index (χ1) is 14.3. The molecule has 4 aromatic rings. The lowest BCUT2D eigenvalue weighted by molar-refractivity contribution is -0.0365. The molecular formula is C24H21N3O2. The van der Waals surface area contributed by atoms with Crippen molar-refractivity contribution in [1.82, 2.24) is 9.78 Å². The van der Waals surface area contributed by atoms with Gasteiger partial charge in [-0.2, -0.15) is 10.4 Å². The van der Waals surface area contributed by atoms with Crippen molar-refractivity contribution in [2.24, 2.45) is 0 Å². The van der Waals surface area contributed by atoms with Gasteiger partial charge in [0.05, 0.1) is 24.3 Å². The number of hydrogen-bond donors (Lipinski definition) is 0. The van der Waals surface area contributed by atoms with Crippen molar-refractivity contribution in [2.75, 3.05) is 13.7 Å². The summed E-state index contributed by atoms with van der Waals surface area (Å²) in [6.07, 6.45) is 3.12. The number of aromatic nitrogens is 2. The van der Waals surface area contributed by atoms with Crippen LogP contribution in [-0.4, -0.2) is 23.5 Å². The number of methoxy groups -OCH3 is 1. The molecule has 1 saturated heterocycles. The number of ether oxygens (including phenoxy) is 2. The Bertz CT molecular complexity index is 1250. The Morgan fingerprint density at radius 2 is 1.93 bits per heavy atom. The van der Waals surface area contributed by atoms with Crippen LogP contribution in [0, 0.1) is 11.3 Å². The maximum Gasteiger partial charge on any atom is 0.150 e. The van der Waals surface area contributed by atoms with Crippen LogP contribution in [0.1, 0.15) is 31.1 Å². The highest BCUT2D eigenvalue weighted by molar-refractivity contribution is 5.97. The molecule has 0 radical (unpaired) electrons. The first kappa shape index (κ1) is 17.7. The number of fused-ring (bicyclic) bond motifs is 2. The summed E-state index contributed by atoms with van der Waals surface area (Å²) in [7, 11) is 1.68. The predicted octanol–water partition coefficient (Wildman–Crippen LogP) is 5.44. The zero-order chi connectivity index (χ0) is 19.8. The fraction of sp³-hybridized carbons (Fsp3) is 0.250. The number of rotatable bonds is 3. The third kappa shape index (κ3) is 3.12. The van der Waals surface area contributed by atoms with Gasteiger partial charge in [0.2, 0.25) is 0 Å². The second-order valence-electron chi connectivity index (χ2n) is 7.39. The van der Waals surface area contributed by atoms with Crippen molar-refractivity contribution in [2.45, 2.75) is 25.5 Å². The van der Waals surface area contributed by atoms with Gasteiger partial charge in [0.1, 0.15) is 11.4 Å². The first-order valence-corrected chi connectivity index (χ1v) is 9.89. The lowest BCUT2D eigenvalue weighted by atomic mass is 10.0. The van der Waals surface area contributed by atoms with Crippen LogP contribution in [0.3, 0.4) is 0 Å². The number of nitriles is 1. The van der Waals surface area contributed by atoms with E-state index in [1.54, 1.807) is 7.11 Å². The fourth-order valence-electron chi connectivity index (χ4n) is 4.06. The van der Waals surface area contributed by atoms with E-state index in [9.17, 15) is 5.26 Å². The largest absolute Gasteiger partial charge is 0.497 e. The van der Waals surface area contributed by atoms with Gasteiger partial charge < -0.3 is 9.47 Å². The van der Waals surface area contributed by atoms with Gasteiger partial charge in [-0.3, -0.25) is 0 Å². The van der Waals surface area contributed by atoms with Gasteiger partial charge in [-0.1, -0.05) is 18.2 Å². The zero-order valence-electron chi connectivity index (χ0n) is 16.3. The van der Waals surface area contributed by atoms with E-state index < -0.39 is 0 Å². The summed E-state index contributed by atoms with van der Waals surface area (Å²) in [5.41, 5.74) is 3.54. The molecule has 1 unspecified atom stereocenters. The maximum absolute atomic E-state index is 9.39. The maximum atomic E-state index is 9.39. The molecule has 5 heteroatoms. The van der Waals surface area contributed by atoms with Crippen molar-refractivity contribution in [3.05, 3.63) is 60.2 Å². The highest BCUT2D eigenvalue weighted by Gasteiger charge is 2.22. The lowest BCUT2D eigenvalue weighted by Crippen LogP contribution is -2.19. The van der Waals surface area contributed by atoms with E-state index in [4.69, 9.17) is 14.6 Å². The molecule has 1 aliphatic heterocycles. The van der Waals surface area contributed by atoms with Crippen LogP contribution in [0.2, 0.25) is 0 Å². The number of nitrogens with zero attached hydrogens (tertiary/aromatic N) is 3. The van der Waals surface area contributed by atoms with Crippen LogP contribution in [0.15, 0.2) is 54.6 Å². The topological polar surface area (TPSA) is 60.1 Å². The van der Waals surface area contributed by atoms with Gasteiger partial charge >= 0.3 is 0 Å². The first-order valence-electron chi connectivity index (χ1n) is 9.89. The quantitative estimate of drug-likeness (QED) is 0.473. The van der Waals surface area contributed by atoms with Gasteiger partial charge in [-0.05, 0) is 66.4 Å². The molecule has 0 spiro atoms. The molecule has 1 fully saturated rings. The Hall–Kier alpha value is -3.36. The van der Waals surface area contributed by atoms with E-state index in [1.165, 1.54) is 0 Å². The molecule has 5 rings (SSSR count). The predicted molar refractivity (Wildman–Crippen MR) is 113 cm³/mol. The molecule has 0 N–H and O–H groups in total. The van der Waals surface area contributed by atoms with E-state index in [-0.39, 0.29) is 6.23 Å². The summed E-state index contributed by atoms with van der Waals surface area (Å²) in [5, 5.41) is 17.6. The smallest absolute Gasteiger partial charge is 0.150 e. The minimum Gasteiger partial charge on any atom is -0.497 e. The third-order valence-corrected chi connectivity index (χ3v) is 5.58. The summed E-state index contributed by atoms with van der Waals surface area (Å²) in [6.45, 7) is 0.759. The van der Waals surface area contributed by atoms with Crippen molar-refractivity contribution in [1.29, 1.82) is 5.26 Å². The summed E-state index contributed by atoms with van der Waals surface area (Å²) in [6, 6.07) is 20.4. The molecule has 1 aromatic heterocycles. The second-order valence-corrected chi connectivity index (χ2v) is 7.39. The van der Waals surface area contributed by atoms with Gasteiger partial charge in [0.25, 0.3) is 0 Å². The average Bonchev–Trinajstić information content (AvgIpc) is 3.17. The monoisotopic (exact) mass is 383 g/mol. The van der Waals surface area contributed by atoms with Crippen molar-refractivity contribution >= 4 is 21.7 Å². The SMILES string of the molecule is COc1ccc2cc(-c3nn(C4CCCCO4)c4ccc(C#N)cc34)ccc2c1. The van der Waals surface area contributed by atoms with Crippen LogP contribution < -0.4 is 4.74 Å². The molecule has 5 nitrogen and oxygen atoms in total. The summed E-state index contributed by atoms with van der Waals surface area (Å²) in [4.78, 5) is 0. The van der Waals surface area contributed by atoms with Crippen molar-refractivity contribution < 1.29 is 9.47 Å². The van der Waals surface area contributed by atoms with E-state index >= 15 is 0 Å². The van der Waals surface area contributed by atoms with Gasteiger partial charge in [-0.25, -0.2) is 4.68 Å². The van der Waals surface area contributed by atoms with E-state index in [0.29, 0.717) is 5.56 Å². The molecule has 0 aliphatic carbocycles. The van der Waals surface area contributed by atoms with E-state index in [1.807, 2.05) is 35.0 Å². The molecule has 2 heterocycles. The minimum absolute atomic E-state index is 0.0577. The van der Waals surface area contributed by atoms with Crippen LogP contribution in [-0.2, 0) is 4.74 Å². The number of benzene rings is 3. The minimum atomic E-state index is -0.0577. The summed E-state index contributed by atoms with van der Waals surface area (Å²) >= 11 is 0. The lowest BCUT2D eigenvalue weighted by Gasteiger charge is -2.23. The Morgan fingerprint density at radius 1 is 1.07 bits per heavy atom. The van der Waals surface area contributed by atoms with Gasteiger partial charge in [-0.15, -0.1) is 0 Å². The molecular weight excluding hydrogens is 362 g/mol.